The zero-order valence-corrected chi connectivity index (χ0v) is 5.70. The van der Waals surface area contributed by atoms with E-state index < -0.39 is 12.5 Å². The van der Waals surface area contributed by atoms with E-state index in [0.717, 1.165) is 6.21 Å². The van der Waals surface area contributed by atoms with Gasteiger partial charge in [-0.05, 0) is 6.92 Å². The summed E-state index contributed by atoms with van der Waals surface area (Å²) in [5.41, 5.74) is 0.153. The summed E-state index contributed by atoms with van der Waals surface area (Å²) in [4.78, 5) is 10.6. The van der Waals surface area contributed by atoms with Crippen LogP contribution in [0, 0.1) is 5.21 Å². The molecule has 10 heavy (non-hydrogen) atoms. The highest BCUT2D eigenvalue weighted by atomic mass is 16.5. The van der Waals surface area contributed by atoms with Gasteiger partial charge in [-0.25, -0.2) is 4.79 Å². The van der Waals surface area contributed by atoms with Crippen LogP contribution in [0.1, 0.15) is 6.92 Å². The molecule has 56 valence electrons. The number of amides is 1. The van der Waals surface area contributed by atoms with Crippen LogP contribution in [0.15, 0.2) is 12.2 Å². The van der Waals surface area contributed by atoms with Gasteiger partial charge >= 0.3 is 5.91 Å². The highest BCUT2D eigenvalue weighted by molar-refractivity contribution is 5.87. The van der Waals surface area contributed by atoms with E-state index in [4.69, 9.17) is 5.11 Å². The predicted octanol–water partition coefficient (Wildman–Crippen LogP) is -0.338. The van der Waals surface area contributed by atoms with Gasteiger partial charge in [-0.15, -0.1) is 4.74 Å². The summed E-state index contributed by atoms with van der Waals surface area (Å²) in [6, 6.07) is 0. The van der Waals surface area contributed by atoms with Gasteiger partial charge in [0.1, 0.15) is 6.61 Å². The molecule has 4 nitrogen and oxygen atoms in total. The molecule has 0 aliphatic rings. The van der Waals surface area contributed by atoms with Crippen LogP contribution >= 0.6 is 0 Å². The predicted molar refractivity (Wildman–Crippen MR) is 36.6 cm³/mol. The summed E-state index contributed by atoms with van der Waals surface area (Å²) in [7, 11) is 0. The minimum Gasteiger partial charge on any atom is -0.616 e. The van der Waals surface area contributed by atoms with Crippen molar-refractivity contribution in [1.82, 2.24) is 0 Å². The molecule has 1 N–H and O–H groups in total. The van der Waals surface area contributed by atoms with E-state index in [1.54, 1.807) is 0 Å². The van der Waals surface area contributed by atoms with Crippen molar-refractivity contribution in [2.45, 2.75) is 6.92 Å². The lowest BCUT2D eigenvalue weighted by Crippen LogP contribution is -2.17. The number of carbonyl (C=O) groups is 1. The van der Waals surface area contributed by atoms with Crippen molar-refractivity contribution in [3.63, 3.8) is 0 Å². The largest absolute Gasteiger partial charge is 0.616 e. The molecule has 0 aromatic heterocycles. The fourth-order valence-electron chi connectivity index (χ4n) is 0.345. The first-order valence-corrected chi connectivity index (χ1v) is 2.70. The van der Waals surface area contributed by atoms with Gasteiger partial charge in [0.2, 0.25) is 0 Å². The van der Waals surface area contributed by atoms with E-state index in [2.05, 4.69) is 6.58 Å². The smallest absolute Gasteiger partial charge is 0.425 e. The number of hydrogen-bond donors (Lipinski definition) is 1. The molecule has 0 bridgehead atoms. The van der Waals surface area contributed by atoms with Crippen LogP contribution < -0.4 is 0 Å². The van der Waals surface area contributed by atoms with E-state index in [1.165, 1.54) is 6.92 Å². The molecule has 0 radical (unpaired) electrons. The molecule has 0 aliphatic heterocycles. The van der Waals surface area contributed by atoms with Gasteiger partial charge in [0, 0.05) is 0 Å². The van der Waals surface area contributed by atoms with Crippen molar-refractivity contribution in [2.24, 2.45) is 0 Å². The average molecular weight is 143 g/mol. The van der Waals surface area contributed by atoms with Crippen LogP contribution in [0.3, 0.4) is 0 Å². The maximum absolute atomic E-state index is 10.6. The number of nitrogens with zero attached hydrogens (tertiary/aromatic N) is 1. The van der Waals surface area contributed by atoms with Crippen LogP contribution in [0.5, 0.6) is 0 Å². The normalized spacial score (nSPS) is 11.2. The summed E-state index contributed by atoms with van der Waals surface area (Å²) >= 11 is 0. The lowest BCUT2D eigenvalue weighted by Gasteiger charge is -1.97. The van der Waals surface area contributed by atoms with Gasteiger partial charge in [-0.1, -0.05) is 6.58 Å². The van der Waals surface area contributed by atoms with Gasteiger partial charge in [-0.3, -0.25) is 0 Å². The summed E-state index contributed by atoms with van der Waals surface area (Å²) < 4.78 is 0.0579. The maximum atomic E-state index is 10.6. The van der Waals surface area contributed by atoms with Crippen molar-refractivity contribution < 1.29 is 14.6 Å². The molecular formula is C6H9NO3. The van der Waals surface area contributed by atoms with E-state index >= 15 is 0 Å². The van der Waals surface area contributed by atoms with Gasteiger partial charge in [0.15, 0.2) is 6.21 Å². The van der Waals surface area contributed by atoms with Crippen molar-refractivity contribution in [1.29, 1.82) is 0 Å². The number of hydroxylamine groups is 1. The van der Waals surface area contributed by atoms with Crippen LogP contribution in [0.2, 0.25) is 0 Å². The minimum atomic E-state index is -0.728. The zero-order valence-electron chi connectivity index (χ0n) is 5.70. The lowest BCUT2D eigenvalue weighted by molar-refractivity contribution is -0.374. The summed E-state index contributed by atoms with van der Waals surface area (Å²) in [5, 5.41) is 18.7. The van der Waals surface area contributed by atoms with Crippen LogP contribution in [0.4, 0.5) is 0 Å². The van der Waals surface area contributed by atoms with Crippen LogP contribution in [-0.2, 0) is 4.79 Å². The topological polar surface area (TPSA) is 63.4 Å². The van der Waals surface area contributed by atoms with Crippen LogP contribution in [0.25, 0.3) is 0 Å². The molecule has 0 aliphatic carbocycles. The summed E-state index contributed by atoms with van der Waals surface area (Å²) in [6.07, 6.45) is 0.830. The molecule has 0 heterocycles. The quantitative estimate of drug-likeness (QED) is 0.189. The zero-order chi connectivity index (χ0) is 8.15. The third-order valence-corrected chi connectivity index (χ3v) is 0.813. The monoisotopic (exact) mass is 143 g/mol. The molecular weight excluding hydrogens is 134 g/mol. The SMILES string of the molecule is C=C(C)C(=O)[N+]([O-])=CCO. The molecule has 0 atom stereocenters. The van der Waals surface area contributed by atoms with Crippen molar-refractivity contribution >= 4 is 12.1 Å². The molecule has 0 aromatic carbocycles. The number of hydrogen-bond acceptors (Lipinski definition) is 3. The molecule has 0 saturated carbocycles. The van der Waals surface area contributed by atoms with E-state index in [9.17, 15) is 10.0 Å². The van der Waals surface area contributed by atoms with E-state index in [-0.39, 0.29) is 10.3 Å². The number of carbonyl (C=O) groups excluding carboxylic acids is 1. The van der Waals surface area contributed by atoms with Crippen molar-refractivity contribution in [3.05, 3.63) is 17.4 Å². The third-order valence-electron chi connectivity index (χ3n) is 0.813. The second-order valence-corrected chi connectivity index (χ2v) is 1.78. The lowest BCUT2D eigenvalue weighted by atomic mass is 10.3. The van der Waals surface area contributed by atoms with E-state index in [0.29, 0.717) is 0 Å². The Morgan fingerprint density at radius 2 is 2.40 bits per heavy atom. The second kappa shape index (κ2) is 3.79. The molecule has 0 aromatic rings. The molecule has 4 heteroatoms. The Kier molecular flexibility index (Phi) is 3.35. The molecule has 0 fully saturated rings. The Hall–Kier alpha value is -1.16. The first-order valence-electron chi connectivity index (χ1n) is 2.70. The fraction of sp³-hybridized carbons (Fsp3) is 0.333. The number of aliphatic hydroxyl groups excluding tert-OH is 1. The molecule has 0 unspecified atom stereocenters. The first kappa shape index (κ1) is 8.84. The van der Waals surface area contributed by atoms with Gasteiger partial charge in [0.05, 0.1) is 5.57 Å². The third kappa shape index (κ3) is 2.41. The molecule has 0 saturated heterocycles. The Balaban J connectivity index is 4.22. The fourth-order valence-corrected chi connectivity index (χ4v) is 0.345. The molecule has 0 rings (SSSR count). The summed E-state index contributed by atoms with van der Waals surface area (Å²) in [5.74, 6) is -0.728. The van der Waals surface area contributed by atoms with Crippen molar-refractivity contribution in [2.75, 3.05) is 6.61 Å². The first-order chi connectivity index (χ1) is 4.59. The minimum absolute atomic E-state index is 0.0579. The summed E-state index contributed by atoms with van der Waals surface area (Å²) in [6.45, 7) is 4.25. The molecule has 1 amide bonds. The Bertz CT molecular complexity index is 183. The number of aliphatic hydroxyl groups is 1. The van der Waals surface area contributed by atoms with Crippen LogP contribution in [-0.4, -0.2) is 28.6 Å². The Morgan fingerprint density at radius 3 is 2.70 bits per heavy atom. The highest BCUT2D eigenvalue weighted by Gasteiger charge is 2.09. The van der Waals surface area contributed by atoms with Gasteiger partial charge in [0.25, 0.3) is 0 Å². The standard InChI is InChI=1S/C6H9NO3/c1-5(2)6(9)7(10)3-4-8/h3,8H,1,4H2,2H3. The van der Waals surface area contributed by atoms with Crippen molar-refractivity contribution in [3.8, 4) is 0 Å². The van der Waals surface area contributed by atoms with Gasteiger partial charge in [-0.2, -0.15) is 0 Å². The number of rotatable bonds is 2. The second-order valence-electron chi connectivity index (χ2n) is 1.78. The Labute approximate surface area is 58.7 Å². The van der Waals surface area contributed by atoms with E-state index in [1.807, 2.05) is 0 Å². The Morgan fingerprint density at radius 1 is 1.90 bits per heavy atom. The maximum Gasteiger partial charge on any atom is 0.425 e. The average Bonchev–Trinajstić information content (AvgIpc) is 1.87. The highest BCUT2D eigenvalue weighted by Crippen LogP contribution is 1.88. The molecule has 0 spiro atoms. The van der Waals surface area contributed by atoms with Gasteiger partial charge < -0.3 is 10.3 Å².